The Kier molecular flexibility index (Phi) is 5.30. The third kappa shape index (κ3) is 3.77. The van der Waals surface area contributed by atoms with Crippen molar-refractivity contribution in [2.24, 2.45) is 0 Å². The van der Waals surface area contributed by atoms with Crippen molar-refractivity contribution >= 4 is 11.6 Å². The first-order valence-corrected chi connectivity index (χ1v) is 7.42. The summed E-state index contributed by atoms with van der Waals surface area (Å²) in [5.41, 5.74) is -0.272. The summed E-state index contributed by atoms with van der Waals surface area (Å²) in [6.45, 7) is 3.57. The molecule has 1 amide bonds. The summed E-state index contributed by atoms with van der Waals surface area (Å²) in [6, 6.07) is 9.54. The fraction of sp³-hybridized carbons (Fsp3) is 0.375. The van der Waals surface area contributed by atoms with Crippen LogP contribution in [0.4, 0.5) is 5.69 Å². The van der Waals surface area contributed by atoms with Gasteiger partial charge in [-0.3, -0.25) is 19.6 Å². The molecule has 1 aromatic heterocycles. The Bertz CT molecular complexity index is 712. The molecule has 1 heterocycles. The van der Waals surface area contributed by atoms with Crippen molar-refractivity contribution in [3.63, 3.8) is 0 Å². The Hall–Kier alpha value is -2.74. The second-order valence-electron chi connectivity index (χ2n) is 5.80. The number of hydrogen-bond donors (Lipinski definition) is 1. The van der Waals surface area contributed by atoms with Crippen molar-refractivity contribution in [2.75, 3.05) is 13.7 Å². The van der Waals surface area contributed by atoms with Crippen LogP contribution >= 0.6 is 0 Å². The molecule has 2 aromatic rings. The summed E-state index contributed by atoms with van der Waals surface area (Å²) in [5.74, 6) is -0.307. The number of nitro groups is 1. The van der Waals surface area contributed by atoms with Gasteiger partial charge in [0.25, 0.3) is 0 Å². The second kappa shape index (κ2) is 7.22. The molecular weight excluding hydrogens is 312 g/mol. The van der Waals surface area contributed by atoms with Gasteiger partial charge in [-0.05, 0) is 19.4 Å². The van der Waals surface area contributed by atoms with E-state index >= 15 is 0 Å². The number of nitrogens with zero attached hydrogens (tertiary/aromatic N) is 3. The fourth-order valence-corrected chi connectivity index (χ4v) is 2.22. The quantitative estimate of drug-likeness (QED) is 0.618. The molecule has 0 aliphatic rings. The van der Waals surface area contributed by atoms with Crippen molar-refractivity contribution in [3.8, 4) is 0 Å². The molecule has 0 radical (unpaired) electrons. The normalized spacial score (nSPS) is 12.6. The van der Waals surface area contributed by atoms with Crippen LogP contribution in [0.5, 0.6) is 0 Å². The SMILES string of the molecule is COC(CNC(=O)C(C)(C)n1cc([N+](=O)[O-])cn1)c1ccccc1. The molecule has 0 aliphatic carbocycles. The maximum atomic E-state index is 12.5. The lowest BCUT2D eigenvalue weighted by atomic mass is 10.0. The molecule has 0 aliphatic heterocycles. The molecule has 24 heavy (non-hydrogen) atoms. The number of amides is 1. The van der Waals surface area contributed by atoms with E-state index in [0.717, 1.165) is 11.8 Å². The number of nitrogens with one attached hydrogen (secondary N) is 1. The predicted molar refractivity (Wildman–Crippen MR) is 87.4 cm³/mol. The van der Waals surface area contributed by atoms with E-state index in [1.807, 2.05) is 30.3 Å². The number of carbonyl (C=O) groups is 1. The molecule has 2 rings (SSSR count). The van der Waals surface area contributed by atoms with Crippen molar-refractivity contribution in [1.82, 2.24) is 15.1 Å². The summed E-state index contributed by atoms with van der Waals surface area (Å²) in [6.07, 6.45) is 2.08. The number of methoxy groups -OCH3 is 1. The zero-order valence-electron chi connectivity index (χ0n) is 13.8. The van der Waals surface area contributed by atoms with Crippen LogP contribution in [0.15, 0.2) is 42.7 Å². The highest BCUT2D eigenvalue weighted by molar-refractivity contribution is 5.83. The van der Waals surface area contributed by atoms with Gasteiger partial charge in [0.15, 0.2) is 0 Å². The Morgan fingerprint density at radius 2 is 2.08 bits per heavy atom. The van der Waals surface area contributed by atoms with E-state index in [2.05, 4.69) is 10.4 Å². The molecule has 0 spiro atoms. The minimum atomic E-state index is -1.07. The molecule has 1 aromatic carbocycles. The zero-order valence-corrected chi connectivity index (χ0v) is 13.8. The maximum Gasteiger partial charge on any atom is 0.307 e. The zero-order chi connectivity index (χ0) is 17.7. The molecule has 0 saturated heterocycles. The summed E-state index contributed by atoms with van der Waals surface area (Å²) in [7, 11) is 1.58. The smallest absolute Gasteiger partial charge is 0.307 e. The first kappa shape index (κ1) is 17.6. The van der Waals surface area contributed by atoms with Gasteiger partial charge in [-0.15, -0.1) is 0 Å². The van der Waals surface area contributed by atoms with Crippen molar-refractivity contribution in [2.45, 2.75) is 25.5 Å². The Balaban J connectivity index is 2.05. The van der Waals surface area contributed by atoms with E-state index in [0.29, 0.717) is 0 Å². The van der Waals surface area contributed by atoms with Crippen LogP contribution in [0, 0.1) is 10.1 Å². The molecule has 0 saturated carbocycles. The minimum Gasteiger partial charge on any atom is -0.375 e. The minimum absolute atomic E-state index is 0.157. The van der Waals surface area contributed by atoms with Gasteiger partial charge < -0.3 is 10.1 Å². The summed E-state index contributed by atoms with van der Waals surface area (Å²) in [5, 5.41) is 17.5. The number of carbonyl (C=O) groups excluding carboxylic acids is 1. The Morgan fingerprint density at radius 3 is 2.62 bits per heavy atom. The predicted octanol–water partition coefficient (Wildman–Crippen LogP) is 2.03. The van der Waals surface area contributed by atoms with Gasteiger partial charge in [-0.2, -0.15) is 5.10 Å². The third-order valence-electron chi connectivity index (χ3n) is 3.81. The maximum absolute atomic E-state index is 12.5. The summed E-state index contributed by atoms with van der Waals surface area (Å²) >= 11 is 0. The van der Waals surface area contributed by atoms with Crippen LogP contribution in [0.1, 0.15) is 25.5 Å². The van der Waals surface area contributed by atoms with Crippen molar-refractivity contribution < 1.29 is 14.5 Å². The average molecular weight is 332 g/mol. The van der Waals surface area contributed by atoms with Crippen LogP contribution < -0.4 is 5.32 Å². The van der Waals surface area contributed by atoms with Gasteiger partial charge in [-0.25, -0.2) is 0 Å². The van der Waals surface area contributed by atoms with E-state index in [9.17, 15) is 14.9 Å². The monoisotopic (exact) mass is 332 g/mol. The molecule has 1 N–H and O–H groups in total. The van der Waals surface area contributed by atoms with Gasteiger partial charge in [0.1, 0.15) is 17.9 Å². The number of benzene rings is 1. The van der Waals surface area contributed by atoms with Crippen LogP contribution in [0.25, 0.3) is 0 Å². The van der Waals surface area contributed by atoms with E-state index in [4.69, 9.17) is 4.74 Å². The highest BCUT2D eigenvalue weighted by Crippen LogP contribution is 2.20. The van der Waals surface area contributed by atoms with Crippen LogP contribution in [0.2, 0.25) is 0 Å². The van der Waals surface area contributed by atoms with Crippen molar-refractivity contribution in [1.29, 1.82) is 0 Å². The highest BCUT2D eigenvalue weighted by atomic mass is 16.6. The van der Waals surface area contributed by atoms with E-state index in [-0.39, 0.29) is 24.2 Å². The first-order valence-electron chi connectivity index (χ1n) is 7.42. The third-order valence-corrected chi connectivity index (χ3v) is 3.81. The lowest BCUT2D eigenvalue weighted by molar-refractivity contribution is -0.385. The number of ether oxygens (including phenoxy) is 1. The Labute approximate surface area is 139 Å². The number of aromatic nitrogens is 2. The van der Waals surface area contributed by atoms with Crippen molar-refractivity contribution in [3.05, 3.63) is 58.4 Å². The van der Waals surface area contributed by atoms with Gasteiger partial charge >= 0.3 is 5.69 Å². The summed E-state index contributed by atoms with van der Waals surface area (Å²) in [4.78, 5) is 22.7. The highest BCUT2D eigenvalue weighted by Gasteiger charge is 2.32. The average Bonchev–Trinajstić information content (AvgIpc) is 3.07. The summed E-state index contributed by atoms with van der Waals surface area (Å²) < 4.78 is 6.70. The second-order valence-corrected chi connectivity index (χ2v) is 5.80. The van der Waals surface area contributed by atoms with E-state index in [1.165, 1.54) is 10.9 Å². The molecule has 0 bridgehead atoms. The standard InChI is InChI=1S/C16H20N4O4/c1-16(2,19-11-13(9-18-19)20(22)23)15(21)17-10-14(24-3)12-7-5-4-6-8-12/h4-9,11,14H,10H2,1-3H3,(H,17,21). The fourth-order valence-electron chi connectivity index (χ4n) is 2.22. The molecule has 1 unspecified atom stereocenters. The lowest BCUT2D eigenvalue weighted by Gasteiger charge is -2.25. The first-order chi connectivity index (χ1) is 11.4. The lowest BCUT2D eigenvalue weighted by Crippen LogP contribution is -2.46. The molecule has 8 heteroatoms. The van der Waals surface area contributed by atoms with Crippen LogP contribution in [-0.2, 0) is 15.1 Å². The molecule has 8 nitrogen and oxygen atoms in total. The topological polar surface area (TPSA) is 99.3 Å². The largest absolute Gasteiger partial charge is 0.375 e. The molecular formula is C16H20N4O4. The number of hydrogen-bond acceptors (Lipinski definition) is 5. The van der Waals surface area contributed by atoms with Gasteiger partial charge in [0, 0.05) is 13.7 Å². The van der Waals surface area contributed by atoms with Crippen LogP contribution in [0.3, 0.4) is 0 Å². The van der Waals surface area contributed by atoms with Gasteiger partial charge in [0.05, 0.1) is 11.0 Å². The van der Waals surface area contributed by atoms with Gasteiger partial charge in [-0.1, -0.05) is 30.3 Å². The molecule has 1 atom stereocenters. The Morgan fingerprint density at radius 1 is 1.42 bits per heavy atom. The number of rotatable bonds is 7. The molecule has 0 fully saturated rings. The molecule has 128 valence electrons. The van der Waals surface area contributed by atoms with Crippen LogP contribution in [-0.4, -0.2) is 34.3 Å². The van der Waals surface area contributed by atoms with E-state index < -0.39 is 10.5 Å². The van der Waals surface area contributed by atoms with E-state index in [1.54, 1.807) is 21.0 Å². The van der Waals surface area contributed by atoms with Gasteiger partial charge in [0.2, 0.25) is 5.91 Å².